The zero-order valence-corrected chi connectivity index (χ0v) is 19.2. The molecule has 0 heterocycles. The number of benzene rings is 3. The molecule has 0 saturated carbocycles. The molecule has 0 aliphatic rings. The van der Waals surface area contributed by atoms with E-state index in [2.05, 4.69) is 0 Å². The molecule has 6 heteroatoms. The first kappa shape index (κ1) is 22.6. The first-order valence-corrected chi connectivity index (χ1v) is 11.6. The number of nitrogens with zero attached hydrogens (tertiary/aromatic N) is 2. The summed E-state index contributed by atoms with van der Waals surface area (Å²) in [6.07, 6.45) is 0. The molecule has 0 fully saturated rings. The maximum absolute atomic E-state index is 13.5. The number of sulfonamides is 1. The molecule has 0 aliphatic heterocycles. The van der Waals surface area contributed by atoms with E-state index in [1.165, 1.54) is 4.31 Å². The largest absolute Gasteiger partial charge is 0.340 e. The van der Waals surface area contributed by atoms with Crippen LogP contribution in [0.25, 0.3) is 0 Å². The highest BCUT2D eigenvalue weighted by molar-refractivity contribution is 7.92. The molecule has 0 unspecified atom stereocenters. The summed E-state index contributed by atoms with van der Waals surface area (Å²) >= 11 is 0. The number of carbonyl (C=O) groups is 1. The molecular weight excluding hydrogens is 408 g/mol. The van der Waals surface area contributed by atoms with Crippen LogP contribution in [0.1, 0.15) is 22.3 Å². The Morgan fingerprint density at radius 1 is 0.839 bits per heavy atom. The van der Waals surface area contributed by atoms with E-state index in [1.807, 2.05) is 57.2 Å². The van der Waals surface area contributed by atoms with Crippen molar-refractivity contribution in [1.29, 1.82) is 0 Å². The first-order chi connectivity index (χ1) is 14.7. The average Bonchev–Trinajstić information content (AvgIpc) is 2.74. The van der Waals surface area contributed by atoms with Crippen LogP contribution in [0.5, 0.6) is 0 Å². The third-order valence-corrected chi connectivity index (χ3v) is 6.97. The average molecular weight is 437 g/mol. The summed E-state index contributed by atoms with van der Waals surface area (Å²) in [5.41, 5.74) is 4.47. The molecule has 0 radical (unpaired) electrons. The number of aryl methyl sites for hydroxylation is 3. The van der Waals surface area contributed by atoms with Crippen molar-refractivity contribution in [2.45, 2.75) is 32.2 Å². The van der Waals surface area contributed by atoms with Gasteiger partial charge in [0.15, 0.2) is 0 Å². The van der Waals surface area contributed by atoms with Gasteiger partial charge in [-0.15, -0.1) is 0 Å². The van der Waals surface area contributed by atoms with Crippen LogP contribution in [0.3, 0.4) is 0 Å². The molecule has 0 saturated heterocycles. The Labute approximate surface area is 185 Å². The van der Waals surface area contributed by atoms with Gasteiger partial charge in [-0.25, -0.2) is 8.42 Å². The normalized spacial score (nSPS) is 11.2. The highest BCUT2D eigenvalue weighted by Crippen LogP contribution is 2.27. The molecule has 3 aromatic carbocycles. The van der Waals surface area contributed by atoms with Gasteiger partial charge in [0.1, 0.15) is 6.54 Å². The molecule has 31 heavy (non-hydrogen) atoms. The molecule has 1 amide bonds. The van der Waals surface area contributed by atoms with Gasteiger partial charge < -0.3 is 4.90 Å². The number of amides is 1. The van der Waals surface area contributed by atoms with Crippen molar-refractivity contribution in [3.63, 3.8) is 0 Å². The van der Waals surface area contributed by atoms with Crippen molar-refractivity contribution in [2.24, 2.45) is 0 Å². The van der Waals surface area contributed by atoms with Crippen molar-refractivity contribution in [3.05, 3.63) is 95.1 Å². The highest BCUT2D eigenvalue weighted by atomic mass is 32.2. The molecule has 0 bridgehead atoms. The summed E-state index contributed by atoms with van der Waals surface area (Å²) in [5.74, 6) is -0.278. The quantitative estimate of drug-likeness (QED) is 0.549. The van der Waals surface area contributed by atoms with Gasteiger partial charge in [0.25, 0.3) is 10.0 Å². The number of anilines is 1. The second-order valence-corrected chi connectivity index (χ2v) is 9.71. The summed E-state index contributed by atoms with van der Waals surface area (Å²) in [4.78, 5) is 14.8. The van der Waals surface area contributed by atoms with Crippen LogP contribution in [0.2, 0.25) is 0 Å². The zero-order chi connectivity index (χ0) is 22.6. The number of hydrogen-bond acceptors (Lipinski definition) is 3. The predicted molar refractivity (Wildman–Crippen MR) is 125 cm³/mol. The molecular formula is C25H28N2O3S. The van der Waals surface area contributed by atoms with Gasteiger partial charge in [-0.3, -0.25) is 9.10 Å². The summed E-state index contributed by atoms with van der Waals surface area (Å²) in [7, 11) is -2.22. The fourth-order valence-corrected chi connectivity index (χ4v) is 4.90. The van der Waals surface area contributed by atoms with Gasteiger partial charge in [-0.2, -0.15) is 0 Å². The Morgan fingerprint density at radius 3 is 2.06 bits per heavy atom. The Kier molecular flexibility index (Phi) is 6.81. The maximum atomic E-state index is 13.5. The number of rotatable bonds is 7. The van der Waals surface area contributed by atoms with E-state index < -0.39 is 10.0 Å². The van der Waals surface area contributed by atoms with Crippen LogP contribution in [0.4, 0.5) is 5.69 Å². The zero-order valence-electron chi connectivity index (χ0n) is 18.4. The second kappa shape index (κ2) is 9.35. The first-order valence-electron chi connectivity index (χ1n) is 10.1. The van der Waals surface area contributed by atoms with Crippen LogP contribution in [-0.2, 0) is 21.4 Å². The van der Waals surface area contributed by atoms with E-state index in [0.29, 0.717) is 12.2 Å². The highest BCUT2D eigenvalue weighted by Gasteiger charge is 2.29. The van der Waals surface area contributed by atoms with E-state index in [1.54, 1.807) is 48.3 Å². The SMILES string of the molecule is Cc1ccc(CN(C)C(=O)CN(c2ccc(C)cc2C)S(=O)(=O)c2ccccc2)cc1. The molecule has 162 valence electrons. The van der Waals surface area contributed by atoms with E-state index in [0.717, 1.165) is 22.3 Å². The van der Waals surface area contributed by atoms with Gasteiger partial charge in [0.2, 0.25) is 5.91 Å². The Hall–Kier alpha value is -3.12. The van der Waals surface area contributed by atoms with Gasteiger partial charge in [-0.05, 0) is 50.1 Å². The Bertz CT molecular complexity index is 1160. The minimum Gasteiger partial charge on any atom is -0.340 e. The minimum absolute atomic E-state index is 0.156. The summed E-state index contributed by atoms with van der Waals surface area (Å²) < 4.78 is 28.2. The second-order valence-electron chi connectivity index (χ2n) is 7.85. The molecule has 0 atom stereocenters. The molecule has 0 aromatic heterocycles. The van der Waals surface area contributed by atoms with Gasteiger partial charge in [-0.1, -0.05) is 65.7 Å². The number of likely N-dealkylation sites (N-methyl/N-ethyl adjacent to an activating group) is 1. The lowest BCUT2D eigenvalue weighted by Crippen LogP contribution is -2.41. The van der Waals surface area contributed by atoms with E-state index in [9.17, 15) is 13.2 Å². The van der Waals surface area contributed by atoms with Crippen LogP contribution < -0.4 is 4.31 Å². The fraction of sp³-hybridized carbons (Fsp3) is 0.240. The van der Waals surface area contributed by atoms with Gasteiger partial charge in [0, 0.05) is 13.6 Å². The molecule has 3 rings (SSSR count). The minimum atomic E-state index is -3.91. The standard InChI is InChI=1S/C25H28N2O3S/c1-19-10-13-22(14-11-19)17-26(4)25(28)18-27(24-15-12-20(2)16-21(24)3)31(29,30)23-8-6-5-7-9-23/h5-16H,17-18H2,1-4H3. The fourth-order valence-electron chi connectivity index (χ4n) is 3.40. The lowest BCUT2D eigenvalue weighted by atomic mass is 10.1. The van der Waals surface area contributed by atoms with E-state index in [4.69, 9.17) is 0 Å². The monoisotopic (exact) mass is 436 g/mol. The lowest BCUT2D eigenvalue weighted by Gasteiger charge is -2.28. The smallest absolute Gasteiger partial charge is 0.264 e. The van der Waals surface area contributed by atoms with Crippen molar-refractivity contribution in [1.82, 2.24) is 4.90 Å². The van der Waals surface area contributed by atoms with Crippen molar-refractivity contribution < 1.29 is 13.2 Å². The molecule has 0 N–H and O–H groups in total. The van der Waals surface area contributed by atoms with Crippen molar-refractivity contribution in [3.8, 4) is 0 Å². The summed E-state index contributed by atoms with van der Waals surface area (Å²) in [6.45, 7) is 5.95. The molecule has 0 spiro atoms. The van der Waals surface area contributed by atoms with Crippen LogP contribution in [0.15, 0.2) is 77.7 Å². The van der Waals surface area contributed by atoms with E-state index >= 15 is 0 Å². The molecule has 3 aromatic rings. The van der Waals surface area contributed by atoms with Gasteiger partial charge in [0.05, 0.1) is 10.6 Å². The summed E-state index contributed by atoms with van der Waals surface area (Å²) in [5, 5.41) is 0. The topological polar surface area (TPSA) is 57.7 Å². The third kappa shape index (κ3) is 5.33. The Morgan fingerprint density at radius 2 is 1.45 bits per heavy atom. The van der Waals surface area contributed by atoms with Crippen molar-refractivity contribution in [2.75, 3.05) is 17.9 Å². The predicted octanol–water partition coefficient (Wildman–Crippen LogP) is 4.47. The summed E-state index contributed by atoms with van der Waals surface area (Å²) in [6, 6.07) is 21.7. The van der Waals surface area contributed by atoms with Crippen LogP contribution in [-0.4, -0.2) is 32.8 Å². The number of hydrogen-bond donors (Lipinski definition) is 0. The maximum Gasteiger partial charge on any atom is 0.264 e. The van der Waals surface area contributed by atoms with Crippen LogP contribution >= 0.6 is 0 Å². The molecule has 5 nitrogen and oxygen atoms in total. The molecule has 0 aliphatic carbocycles. The third-order valence-electron chi connectivity index (χ3n) is 5.20. The van der Waals surface area contributed by atoms with E-state index in [-0.39, 0.29) is 17.3 Å². The van der Waals surface area contributed by atoms with Crippen LogP contribution in [0, 0.1) is 20.8 Å². The van der Waals surface area contributed by atoms with Crippen molar-refractivity contribution >= 4 is 21.6 Å². The number of carbonyl (C=O) groups excluding carboxylic acids is 1. The Balaban J connectivity index is 1.92. The lowest BCUT2D eigenvalue weighted by molar-refractivity contribution is -0.128. The van der Waals surface area contributed by atoms with Gasteiger partial charge >= 0.3 is 0 Å².